The van der Waals surface area contributed by atoms with E-state index in [1.165, 1.54) is 5.56 Å². The van der Waals surface area contributed by atoms with E-state index in [1.54, 1.807) is 0 Å². The molecule has 0 aliphatic rings. The Hall–Kier alpha value is -2.29. The van der Waals surface area contributed by atoms with Gasteiger partial charge in [-0.1, -0.05) is 45.0 Å². The predicted molar refractivity (Wildman–Crippen MR) is 93.9 cm³/mol. The molecule has 0 fully saturated rings. The topological polar surface area (TPSA) is 38.3 Å². The largest absolute Gasteiger partial charge is 0.489 e. The second kappa shape index (κ2) is 7.32. The van der Waals surface area contributed by atoms with Crippen molar-refractivity contribution in [3.63, 3.8) is 0 Å². The van der Waals surface area contributed by atoms with Crippen LogP contribution >= 0.6 is 0 Å². The zero-order valence-electron chi connectivity index (χ0n) is 14.3. The molecule has 3 nitrogen and oxygen atoms in total. The van der Waals surface area contributed by atoms with Gasteiger partial charge in [0.2, 0.25) is 0 Å². The van der Waals surface area contributed by atoms with Crippen LogP contribution in [-0.2, 0) is 12.0 Å². The van der Waals surface area contributed by atoms with Crippen molar-refractivity contribution in [1.82, 2.24) is 5.32 Å². The monoisotopic (exact) mass is 311 g/mol. The summed E-state index contributed by atoms with van der Waals surface area (Å²) in [7, 11) is 0. The summed E-state index contributed by atoms with van der Waals surface area (Å²) in [5.74, 6) is 0.809. The first kappa shape index (κ1) is 17.1. The standard InChI is InChI=1S/C20H25NO2/c1-5-21-19(22)16-8-6-15(7-9-16)14-23-18-12-10-17(11-13-18)20(2,3)4/h6-13H,5,14H2,1-4H3,(H,21,22). The van der Waals surface area contributed by atoms with Crippen LogP contribution in [-0.4, -0.2) is 12.5 Å². The van der Waals surface area contributed by atoms with E-state index >= 15 is 0 Å². The van der Waals surface area contributed by atoms with E-state index < -0.39 is 0 Å². The number of ether oxygens (including phenoxy) is 1. The Labute approximate surface area is 138 Å². The maximum Gasteiger partial charge on any atom is 0.251 e. The van der Waals surface area contributed by atoms with Crippen LogP contribution < -0.4 is 10.1 Å². The summed E-state index contributed by atoms with van der Waals surface area (Å²) in [6.45, 7) is 9.61. The number of carbonyl (C=O) groups is 1. The van der Waals surface area contributed by atoms with Crippen molar-refractivity contribution >= 4 is 5.91 Å². The average Bonchev–Trinajstić information content (AvgIpc) is 2.53. The molecule has 0 aromatic heterocycles. The number of rotatable bonds is 5. The summed E-state index contributed by atoms with van der Waals surface area (Å²) in [4.78, 5) is 11.7. The average molecular weight is 311 g/mol. The molecule has 2 aromatic carbocycles. The van der Waals surface area contributed by atoms with Gasteiger partial charge < -0.3 is 10.1 Å². The van der Waals surface area contributed by atoms with Crippen molar-refractivity contribution in [2.75, 3.05) is 6.54 Å². The second-order valence-electron chi connectivity index (χ2n) is 6.62. The lowest BCUT2D eigenvalue weighted by Gasteiger charge is -2.19. The summed E-state index contributed by atoms with van der Waals surface area (Å²) < 4.78 is 5.81. The lowest BCUT2D eigenvalue weighted by Crippen LogP contribution is -2.22. The van der Waals surface area contributed by atoms with Crippen LogP contribution in [0.1, 0.15) is 49.2 Å². The van der Waals surface area contributed by atoms with Gasteiger partial charge in [0.15, 0.2) is 0 Å². The highest BCUT2D eigenvalue weighted by atomic mass is 16.5. The summed E-state index contributed by atoms with van der Waals surface area (Å²) in [5, 5.41) is 2.79. The molecule has 1 amide bonds. The molecular formula is C20H25NO2. The van der Waals surface area contributed by atoms with Crippen LogP contribution in [0.15, 0.2) is 48.5 Å². The van der Waals surface area contributed by atoms with Crippen molar-refractivity contribution in [2.45, 2.75) is 39.7 Å². The minimum atomic E-state index is -0.0438. The molecule has 1 N–H and O–H groups in total. The number of amides is 1. The minimum absolute atomic E-state index is 0.0438. The Balaban J connectivity index is 1.94. The van der Waals surface area contributed by atoms with Gasteiger partial charge in [-0.3, -0.25) is 4.79 Å². The molecule has 0 aliphatic carbocycles. The van der Waals surface area contributed by atoms with Gasteiger partial charge in [-0.15, -0.1) is 0 Å². The molecule has 0 heterocycles. The van der Waals surface area contributed by atoms with Crippen molar-refractivity contribution in [3.8, 4) is 5.75 Å². The van der Waals surface area contributed by atoms with Gasteiger partial charge in [0.25, 0.3) is 5.91 Å². The Bertz CT molecular complexity index is 637. The van der Waals surface area contributed by atoms with Crippen molar-refractivity contribution in [1.29, 1.82) is 0 Å². The lowest BCUT2D eigenvalue weighted by atomic mass is 9.87. The molecule has 23 heavy (non-hydrogen) atoms. The summed E-state index contributed by atoms with van der Waals surface area (Å²) in [6.07, 6.45) is 0. The van der Waals surface area contributed by atoms with Gasteiger partial charge in [0.1, 0.15) is 12.4 Å². The van der Waals surface area contributed by atoms with E-state index in [2.05, 4.69) is 38.2 Å². The Morgan fingerprint density at radius 3 is 2.13 bits per heavy atom. The van der Waals surface area contributed by atoms with Crippen LogP contribution in [0.2, 0.25) is 0 Å². The first-order valence-corrected chi connectivity index (χ1v) is 8.00. The van der Waals surface area contributed by atoms with Crippen molar-refractivity contribution in [2.24, 2.45) is 0 Å². The number of carbonyl (C=O) groups excluding carboxylic acids is 1. The van der Waals surface area contributed by atoms with Gasteiger partial charge in [0, 0.05) is 12.1 Å². The van der Waals surface area contributed by atoms with Crippen molar-refractivity contribution < 1.29 is 9.53 Å². The molecule has 0 radical (unpaired) electrons. The molecule has 122 valence electrons. The fourth-order valence-electron chi connectivity index (χ4n) is 2.23. The van der Waals surface area contributed by atoms with Crippen molar-refractivity contribution in [3.05, 3.63) is 65.2 Å². The van der Waals surface area contributed by atoms with Crippen LogP contribution in [0.25, 0.3) is 0 Å². The van der Waals surface area contributed by atoms with E-state index in [0.717, 1.165) is 11.3 Å². The SMILES string of the molecule is CCNC(=O)c1ccc(COc2ccc(C(C)(C)C)cc2)cc1. The molecule has 2 aromatic rings. The van der Waals surface area contributed by atoms with E-state index in [-0.39, 0.29) is 11.3 Å². The van der Waals surface area contributed by atoms with Crippen LogP contribution in [0, 0.1) is 0 Å². The second-order valence-corrected chi connectivity index (χ2v) is 6.62. The number of hydrogen-bond acceptors (Lipinski definition) is 2. The Kier molecular flexibility index (Phi) is 5.43. The molecule has 2 rings (SSSR count). The fraction of sp³-hybridized carbons (Fsp3) is 0.350. The number of hydrogen-bond donors (Lipinski definition) is 1. The van der Waals surface area contributed by atoms with Crippen LogP contribution in [0.5, 0.6) is 5.75 Å². The maximum absolute atomic E-state index is 11.7. The quantitative estimate of drug-likeness (QED) is 0.893. The van der Waals surface area contributed by atoms with Crippen LogP contribution in [0.3, 0.4) is 0 Å². The number of benzene rings is 2. The smallest absolute Gasteiger partial charge is 0.251 e. The molecule has 0 aliphatic heterocycles. The summed E-state index contributed by atoms with van der Waals surface area (Å²) in [5.41, 5.74) is 3.15. The van der Waals surface area contributed by atoms with Gasteiger partial charge in [-0.2, -0.15) is 0 Å². The van der Waals surface area contributed by atoms with Gasteiger partial charge >= 0.3 is 0 Å². The maximum atomic E-state index is 11.7. The normalized spacial score (nSPS) is 11.1. The van der Waals surface area contributed by atoms with Crippen LogP contribution in [0.4, 0.5) is 0 Å². The highest BCUT2D eigenvalue weighted by Gasteiger charge is 2.13. The van der Waals surface area contributed by atoms with Gasteiger partial charge in [-0.25, -0.2) is 0 Å². The Morgan fingerprint density at radius 2 is 1.61 bits per heavy atom. The molecular weight excluding hydrogens is 286 g/mol. The highest BCUT2D eigenvalue weighted by molar-refractivity contribution is 5.94. The molecule has 3 heteroatoms. The summed E-state index contributed by atoms with van der Waals surface area (Å²) in [6, 6.07) is 15.7. The zero-order chi connectivity index (χ0) is 16.9. The molecule has 0 saturated heterocycles. The van der Waals surface area contributed by atoms with Gasteiger partial charge in [0.05, 0.1) is 0 Å². The molecule has 0 unspecified atom stereocenters. The fourth-order valence-corrected chi connectivity index (χ4v) is 2.23. The third-order valence-electron chi connectivity index (χ3n) is 3.68. The zero-order valence-corrected chi connectivity index (χ0v) is 14.3. The molecule has 0 atom stereocenters. The highest BCUT2D eigenvalue weighted by Crippen LogP contribution is 2.24. The lowest BCUT2D eigenvalue weighted by molar-refractivity contribution is 0.0956. The van der Waals surface area contributed by atoms with E-state index in [4.69, 9.17) is 4.74 Å². The minimum Gasteiger partial charge on any atom is -0.489 e. The number of nitrogens with one attached hydrogen (secondary N) is 1. The predicted octanol–water partition coefficient (Wildman–Crippen LogP) is 4.31. The first-order chi connectivity index (χ1) is 10.9. The first-order valence-electron chi connectivity index (χ1n) is 8.00. The third-order valence-corrected chi connectivity index (χ3v) is 3.68. The molecule has 0 saturated carbocycles. The Morgan fingerprint density at radius 1 is 1.00 bits per heavy atom. The van der Waals surface area contributed by atoms with E-state index in [1.807, 2.05) is 43.3 Å². The summed E-state index contributed by atoms with van der Waals surface area (Å²) >= 11 is 0. The van der Waals surface area contributed by atoms with E-state index in [9.17, 15) is 4.79 Å². The third kappa shape index (κ3) is 4.85. The van der Waals surface area contributed by atoms with E-state index in [0.29, 0.717) is 18.7 Å². The molecule has 0 bridgehead atoms. The molecule has 0 spiro atoms. The van der Waals surface area contributed by atoms with Gasteiger partial charge in [-0.05, 0) is 47.7 Å².